The van der Waals surface area contributed by atoms with Crippen LogP contribution in [0.1, 0.15) is 69.0 Å². The number of para-hydroxylation sites is 1. The van der Waals surface area contributed by atoms with Crippen LogP contribution >= 0.6 is 11.8 Å². The summed E-state index contributed by atoms with van der Waals surface area (Å²) in [6.07, 6.45) is 6.40. The first-order chi connectivity index (χ1) is 13.3. The largest absolute Gasteiger partial charge is 0.451 e. The third-order valence-corrected chi connectivity index (χ3v) is 6.24. The number of carbonyl (C=O) groups is 2. The predicted molar refractivity (Wildman–Crippen MR) is 115 cm³/mol. The number of hydrogen-bond donors (Lipinski definition) is 2. The van der Waals surface area contributed by atoms with Gasteiger partial charge >= 0.3 is 0 Å². The maximum absolute atomic E-state index is 12.8. The van der Waals surface area contributed by atoms with Gasteiger partial charge in [-0.05, 0) is 39.7 Å². The Balaban J connectivity index is 1.72. The summed E-state index contributed by atoms with van der Waals surface area (Å²) >= 11 is 1.91. The van der Waals surface area contributed by atoms with Gasteiger partial charge in [0.1, 0.15) is 5.58 Å². The number of nitrogens with one attached hydrogen (secondary N) is 2. The molecule has 2 N–H and O–H groups in total. The molecule has 1 heterocycles. The van der Waals surface area contributed by atoms with E-state index in [4.69, 9.17) is 4.42 Å². The van der Waals surface area contributed by atoms with Gasteiger partial charge in [0, 0.05) is 27.5 Å². The molecule has 0 spiro atoms. The van der Waals surface area contributed by atoms with Crippen molar-refractivity contribution in [1.82, 2.24) is 10.6 Å². The van der Waals surface area contributed by atoms with Crippen LogP contribution in [0.2, 0.25) is 0 Å². The number of hydrogen-bond acceptors (Lipinski definition) is 4. The van der Waals surface area contributed by atoms with E-state index in [1.54, 1.807) is 0 Å². The van der Waals surface area contributed by atoms with Crippen LogP contribution in [0.3, 0.4) is 0 Å². The normalized spacial score (nSPS) is 15.5. The average molecular weight is 403 g/mol. The predicted octanol–water partition coefficient (Wildman–Crippen LogP) is 4.64. The Morgan fingerprint density at radius 2 is 1.86 bits per heavy atom. The van der Waals surface area contributed by atoms with Gasteiger partial charge in [-0.15, -0.1) is 0 Å². The quantitative estimate of drug-likeness (QED) is 0.738. The second kappa shape index (κ2) is 9.03. The molecule has 6 heteroatoms. The number of carbonyl (C=O) groups excluding carboxylic acids is 2. The molecule has 5 nitrogen and oxygen atoms in total. The summed E-state index contributed by atoms with van der Waals surface area (Å²) in [4.78, 5) is 24.8. The molecule has 1 aliphatic carbocycles. The molecule has 0 bridgehead atoms. The molecule has 1 aliphatic rings. The lowest BCUT2D eigenvalue weighted by Crippen LogP contribution is -2.45. The molecule has 2 amide bonds. The minimum Gasteiger partial charge on any atom is -0.451 e. The summed E-state index contributed by atoms with van der Waals surface area (Å²) in [5, 5.41) is 7.18. The van der Waals surface area contributed by atoms with Gasteiger partial charge in [-0.25, -0.2) is 0 Å². The van der Waals surface area contributed by atoms with Gasteiger partial charge in [0.15, 0.2) is 5.76 Å². The van der Waals surface area contributed by atoms with Crippen molar-refractivity contribution in [2.24, 2.45) is 0 Å². The minimum atomic E-state index is -0.334. The monoisotopic (exact) mass is 402 g/mol. The third kappa shape index (κ3) is 5.53. The van der Waals surface area contributed by atoms with E-state index in [-0.39, 0.29) is 23.9 Å². The van der Waals surface area contributed by atoms with Crippen LogP contribution in [0.4, 0.5) is 0 Å². The number of rotatable bonds is 6. The van der Waals surface area contributed by atoms with Crippen molar-refractivity contribution >= 4 is 34.5 Å². The van der Waals surface area contributed by atoms with E-state index in [9.17, 15) is 9.59 Å². The maximum atomic E-state index is 12.8. The summed E-state index contributed by atoms with van der Waals surface area (Å²) in [7, 11) is 0. The maximum Gasteiger partial charge on any atom is 0.287 e. The van der Waals surface area contributed by atoms with Crippen molar-refractivity contribution in [3.8, 4) is 0 Å². The Morgan fingerprint density at radius 1 is 1.14 bits per heavy atom. The number of amides is 2. The number of furan rings is 1. The Hall–Kier alpha value is -1.95. The number of benzene rings is 1. The summed E-state index contributed by atoms with van der Waals surface area (Å²) in [5.41, 5.74) is 1.31. The van der Waals surface area contributed by atoms with Crippen LogP contribution in [-0.4, -0.2) is 29.1 Å². The first-order valence-electron chi connectivity index (χ1n) is 10.0. The average Bonchev–Trinajstić information content (AvgIpc) is 3.02. The molecule has 0 unspecified atom stereocenters. The fourth-order valence-electron chi connectivity index (χ4n) is 3.56. The van der Waals surface area contributed by atoms with Gasteiger partial charge in [-0.1, -0.05) is 37.5 Å². The van der Waals surface area contributed by atoms with E-state index >= 15 is 0 Å². The van der Waals surface area contributed by atoms with E-state index in [1.807, 2.05) is 56.8 Å². The summed E-state index contributed by atoms with van der Waals surface area (Å²) in [5.74, 6) is 0.529. The smallest absolute Gasteiger partial charge is 0.287 e. The van der Waals surface area contributed by atoms with E-state index in [0.717, 1.165) is 16.7 Å². The summed E-state index contributed by atoms with van der Waals surface area (Å²) < 4.78 is 5.88. The lowest BCUT2D eigenvalue weighted by molar-refractivity contribution is -0.121. The minimum absolute atomic E-state index is 0.0671. The Kier molecular flexibility index (Phi) is 6.70. The lowest BCUT2D eigenvalue weighted by atomic mass is 10.0. The van der Waals surface area contributed by atoms with Crippen LogP contribution in [0.25, 0.3) is 11.0 Å². The van der Waals surface area contributed by atoms with E-state index < -0.39 is 0 Å². The first kappa shape index (κ1) is 20.8. The molecule has 1 aromatic carbocycles. The van der Waals surface area contributed by atoms with Crippen molar-refractivity contribution in [3.63, 3.8) is 0 Å². The molecule has 1 saturated carbocycles. The highest BCUT2D eigenvalue weighted by molar-refractivity contribution is 7.99. The van der Waals surface area contributed by atoms with Crippen LogP contribution in [0.15, 0.2) is 28.7 Å². The fourth-order valence-corrected chi connectivity index (χ4v) is 4.92. The Bertz CT molecular complexity index is 832. The van der Waals surface area contributed by atoms with Gasteiger partial charge < -0.3 is 15.1 Å². The standard InChI is InChI=1S/C22H30N2O3S/c1-22(2,3)24-19(25)13-23-21(26)20-17(14-28-15-9-5-4-6-10-15)16-11-7-8-12-18(16)27-20/h7-8,11-12,15H,4-6,9-10,13-14H2,1-3H3,(H,23,26)(H,24,25). The van der Waals surface area contributed by atoms with Gasteiger partial charge in [0.25, 0.3) is 5.91 Å². The van der Waals surface area contributed by atoms with Gasteiger partial charge in [0.05, 0.1) is 6.54 Å². The number of fused-ring (bicyclic) bond motifs is 1. The Labute approximate surface area is 171 Å². The topological polar surface area (TPSA) is 71.3 Å². The molecule has 152 valence electrons. The molecule has 3 rings (SSSR count). The van der Waals surface area contributed by atoms with Crippen molar-refractivity contribution < 1.29 is 14.0 Å². The lowest BCUT2D eigenvalue weighted by Gasteiger charge is -2.21. The van der Waals surface area contributed by atoms with Crippen LogP contribution in [-0.2, 0) is 10.5 Å². The van der Waals surface area contributed by atoms with Crippen molar-refractivity contribution in [3.05, 3.63) is 35.6 Å². The highest BCUT2D eigenvalue weighted by Crippen LogP contribution is 2.34. The molecule has 28 heavy (non-hydrogen) atoms. The van der Waals surface area contributed by atoms with Gasteiger partial charge in [-0.2, -0.15) is 11.8 Å². The summed E-state index contributed by atoms with van der Waals surface area (Å²) in [6, 6.07) is 7.75. The SMILES string of the molecule is CC(C)(C)NC(=O)CNC(=O)c1oc2ccccc2c1CSC1CCCCC1. The zero-order chi connectivity index (χ0) is 20.1. The van der Waals surface area contributed by atoms with Crippen LogP contribution in [0.5, 0.6) is 0 Å². The van der Waals surface area contributed by atoms with E-state index in [1.165, 1.54) is 32.1 Å². The molecular weight excluding hydrogens is 372 g/mol. The van der Waals surface area contributed by atoms with Crippen molar-refractivity contribution in [2.75, 3.05) is 6.54 Å². The van der Waals surface area contributed by atoms with Crippen molar-refractivity contribution in [1.29, 1.82) is 0 Å². The third-order valence-electron chi connectivity index (χ3n) is 4.84. The first-order valence-corrected chi connectivity index (χ1v) is 11.1. The van der Waals surface area contributed by atoms with E-state index in [0.29, 0.717) is 16.6 Å². The second-order valence-corrected chi connectivity index (χ2v) is 9.75. The highest BCUT2D eigenvalue weighted by atomic mass is 32.2. The molecule has 0 aliphatic heterocycles. The zero-order valence-electron chi connectivity index (χ0n) is 17.0. The van der Waals surface area contributed by atoms with E-state index in [2.05, 4.69) is 10.6 Å². The number of thioether (sulfide) groups is 1. The second-order valence-electron chi connectivity index (χ2n) is 8.46. The zero-order valence-corrected chi connectivity index (χ0v) is 17.8. The van der Waals surface area contributed by atoms with Crippen LogP contribution < -0.4 is 10.6 Å². The molecule has 1 fully saturated rings. The Morgan fingerprint density at radius 3 is 2.57 bits per heavy atom. The fraction of sp³-hybridized carbons (Fsp3) is 0.545. The summed E-state index contributed by atoms with van der Waals surface area (Å²) in [6.45, 7) is 5.66. The van der Waals surface area contributed by atoms with Crippen LogP contribution in [0, 0.1) is 0 Å². The molecule has 1 aromatic heterocycles. The molecule has 0 atom stereocenters. The van der Waals surface area contributed by atoms with Crippen molar-refractivity contribution in [2.45, 2.75) is 69.4 Å². The highest BCUT2D eigenvalue weighted by Gasteiger charge is 2.23. The molecular formula is C22H30N2O3S. The van der Waals surface area contributed by atoms with Gasteiger partial charge in [-0.3, -0.25) is 9.59 Å². The molecule has 0 radical (unpaired) electrons. The van der Waals surface area contributed by atoms with Gasteiger partial charge in [0.2, 0.25) is 5.91 Å². The molecule has 0 saturated heterocycles. The molecule has 2 aromatic rings.